The van der Waals surface area contributed by atoms with Gasteiger partial charge in [0.15, 0.2) is 9.84 Å². The molecule has 1 N–H and O–H groups in total. The third-order valence-corrected chi connectivity index (χ3v) is 6.29. The molecule has 0 saturated heterocycles. The number of benzene rings is 1. The standard InChI is InChI=1S/C22H22F3N3O4S/c1-33(30,31)12-9-17(14-7-8-14)27-18(29)16-13-26-20(21(10-11-21)22(23,24)25)28-19(16)32-15-5-3-2-4-6-15/h2-6,9,12-14,17H,7-8,10-11H2,1H3,(H,27,29)/b12-9+/t17-/m1/s1. The van der Waals surface area contributed by atoms with E-state index in [1.165, 1.54) is 6.08 Å². The molecule has 0 aliphatic heterocycles. The van der Waals surface area contributed by atoms with E-state index in [2.05, 4.69) is 15.3 Å². The van der Waals surface area contributed by atoms with Gasteiger partial charge in [-0.2, -0.15) is 18.2 Å². The van der Waals surface area contributed by atoms with Crippen molar-refractivity contribution in [2.24, 2.45) is 5.92 Å². The highest BCUT2D eigenvalue weighted by molar-refractivity contribution is 7.93. The highest BCUT2D eigenvalue weighted by Crippen LogP contribution is 2.58. The number of carbonyl (C=O) groups is 1. The van der Waals surface area contributed by atoms with Gasteiger partial charge in [0.2, 0.25) is 5.88 Å². The Kier molecular flexibility index (Phi) is 5.94. The second-order valence-electron chi connectivity index (χ2n) is 8.40. The first-order chi connectivity index (χ1) is 15.5. The summed E-state index contributed by atoms with van der Waals surface area (Å²) >= 11 is 0. The second kappa shape index (κ2) is 8.44. The van der Waals surface area contributed by atoms with Crippen molar-refractivity contribution in [3.63, 3.8) is 0 Å². The quantitative estimate of drug-likeness (QED) is 0.614. The molecule has 1 heterocycles. The van der Waals surface area contributed by atoms with Crippen molar-refractivity contribution in [2.75, 3.05) is 6.26 Å². The van der Waals surface area contributed by atoms with Crippen molar-refractivity contribution < 1.29 is 31.1 Å². The molecule has 0 spiro atoms. The van der Waals surface area contributed by atoms with E-state index in [1.807, 2.05) is 0 Å². The first-order valence-corrected chi connectivity index (χ1v) is 12.3. The van der Waals surface area contributed by atoms with Crippen molar-refractivity contribution in [2.45, 2.75) is 43.3 Å². The molecule has 11 heteroatoms. The minimum Gasteiger partial charge on any atom is -0.438 e. The molecule has 0 radical (unpaired) electrons. The molecule has 2 saturated carbocycles. The molecule has 1 aromatic carbocycles. The largest absolute Gasteiger partial charge is 0.438 e. The number of rotatable bonds is 8. The van der Waals surface area contributed by atoms with Crippen LogP contribution in [0.5, 0.6) is 11.6 Å². The Hall–Kier alpha value is -2.95. The number of nitrogens with one attached hydrogen (secondary N) is 1. The predicted molar refractivity (Wildman–Crippen MR) is 113 cm³/mol. The van der Waals surface area contributed by atoms with Crippen molar-refractivity contribution >= 4 is 15.7 Å². The molecular formula is C22H22F3N3O4S. The van der Waals surface area contributed by atoms with Gasteiger partial charge in [0, 0.05) is 17.9 Å². The average molecular weight is 481 g/mol. The SMILES string of the molecule is CS(=O)(=O)/C=C/[C@@H](NC(=O)c1cnc(C2(C(F)(F)F)CC2)nc1Oc1ccccc1)C1CC1. The molecule has 33 heavy (non-hydrogen) atoms. The molecule has 176 valence electrons. The van der Waals surface area contributed by atoms with Crippen LogP contribution in [0.15, 0.2) is 48.0 Å². The van der Waals surface area contributed by atoms with Crippen molar-refractivity contribution in [3.8, 4) is 11.6 Å². The number of halogens is 3. The smallest absolute Gasteiger partial charge is 0.401 e. The summed E-state index contributed by atoms with van der Waals surface area (Å²) in [7, 11) is -3.39. The molecule has 2 aliphatic rings. The van der Waals surface area contributed by atoms with Gasteiger partial charge in [-0.25, -0.2) is 13.4 Å². The van der Waals surface area contributed by atoms with Gasteiger partial charge >= 0.3 is 6.18 Å². The van der Waals surface area contributed by atoms with Gasteiger partial charge < -0.3 is 10.1 Å². The number of alkyl halides is 3. The lowest BCUT2D eigenvalue weighted by molar-refractivity contribution is -0.162. The first kappa shape index (κ1) is 23.2. The Balaban J connectivity index is 1.66. The van der Waals surface area contributed by atoms with E-state index in [4.69, 9.17) is 4.74 Å². The van der Waals surface area contributed by atoms with Crippen LogP contribution in [-0.4, -0.2) is 42.8 Å². The number of hydrogen-bond donors (Lipinski definition) is 1. The minimum absolute atomic E-state index is 0.0746. The van der Waals surface area contributed by atoms with Crippen LogP contribution in [0.1, 0.15) is 41.9 Å². The highest BCUT2D eigenvalue weighted by atomic mass is 32.2. The molecule has 2 aromatic rings. The van der Waals surface area contributed by atoms with Gasteiger partial charge in [0.1, 0.15) is 22.6 Å². The molecule has 7 nitrogen and oxygen atoms in total. The van der Waals surface area contributed by atoms with Gasteiger partial charge in [0.25, 0.3) is 5.91 Å². The number of para-hydroxylation sites is 1. The number of amides is 1. The van der Waals surface area contributed by atoms with E-state index >= 15 is 0 Å². The number of carbonyl (C=O) groups excluding carboxylic acids is 1. The highest BCUT2D eigenvalue weighted by Gasteiger charge is 2.66. The Morgan fingerprint density at radius 3 is 2.45 bits per heavy atom. The zero-order chi connectivity index (χ0) is 23.9. The predicted octanol–water partition coefficient (Wildman–Crippen LogP) is 3.93. The van der Waals surface area contributed by atoms with Crippen LogP contribution in [0.4, 0.5) is 13.2 Å². The van der Waals surface area contributed by atoms with E-state index in [0.29, 0.717) is 5.75 Å². The summed E-state index contributed by atoms with van der Waals surface area (Å²) in [5.41, 5.74) is -2.27. The van der Waals surface area contributed by atoms with Crippen LogP contribution < -0.4 is 10.1 Å². The third kappa shape index (κ3) is 5.35. The number of nitrogens with zero attached hydrogens (tertiary/aromatic N) is 2. The Labute approximate surface area is 189 Å². The average Bonchev–Trinajstić information content (AvgIpc) is 3.63. The molecular weight excluding hydrogens is 459 g/mol. The number of ether oxygens (including phenoxy) is 1. The fourth-order valence-corrected chi connectivity index (χ4v) is 3.88. The molecule has 2 fully saturated rings. The summed E-state index contributed by atoms with van der Waals surface area (Å²) in [6, 6.07) is 7.71. The summed E-state index contributed by atoms with van der Waals surface area (Å²) in [5.74, 6) is -1.03. The van der Waals surface area contributed by atoms with Crippen molar-refractivity contribution in [3.05, 3.63) is 59.4 Å². The monoisotopic (exact) mass is 481 g/mol. The maximum absolute atomic E-state index is 13.6. The fraction of sp³-hybridized carbons (Fsp3) is 0.409. The summed E-state index contributed by atoms with van der Waals surface area (Å²) in [6.45, 7) is 0. The van der Waals surface area contributed by atoms with E-state index in [1.54, 1.807) is 30.3 Å². The third-order valence-electron chi connectivity index (χ3n) is 5.64. The van der Waals surface area contributed by atoms with Gasteiger partial charge in [-0.3, -0.25) is 4.79 Å². The van der Waals surface area contributed by atoms with Crippen LogP contribution in [-0.2, 0) is 15.3 Å². The van der Waals surface area contributed by atoms with E-state index in [9.17, 15) is 26.4 Å². The van der Waals surface area contributed by atoms with Crippen LogP contribution in [0.2, 0.25) is 0 Å². The topological polar surface area (TPSA) is 98.2 Å². The van der Waals surface area contributed by atoms with E-state index < -0.39 is 39.2 Å². The summed E-state index contributed by atoms with van der Waals surface area (Å²) in [6.07, 6.45) is 0.328. The van der Waals surface area contributed by atoms with Crippen LogP contribution in [0.3, 0.4) is 0 Å². The number of aromatic nitrogens is 2. The lowest BCUT2D eigenvalue weighted by atomic mass is 10.1. The molecule has 1 aromatic heterocycles. The van der Waals surface area contributed by atoms with Crippen LogP contribution in [0.25, 0.3) is 0 Å². The molecule has 0 unspecified atom stereocenters. The minimum atomic E-state index is -4.52. The zero-order valence-electron chi connectivity index (χ0n) is 17.7. The van der Waals surface area contributed by atoms with Crippen LogP contribution in [0, 0.1) is 5.92 Å². The van der Waals surface area contributed by atoms with Gasteiger partial charge in [0.05, 0.1) is 6.04 Å². The maximum atomic E-state index is 13.6. The van der Waals surface area contributed by atoms with Gasteiger partial charge in [-0.05, 0) is 43.7 Å². The maximum Gasteiger partial charge on any atom is 0.401 e. The van der Waals surface area contributed by atoms with E-state index in [-0.39, 0.29) is 30.2 Å². The molecule has 4 rings (SSSR count). The Morgan fingerprint density at radius 1 is 1.24 bits per heavy atom. The molecule has 1 atom stereocenters. The first-order valence-electron chi connectivity index (χ1n) is 10.3. The molecule has 0 bridgehead atoms. The number of sulfone groups is 1. The van der Waals surface area contributed by atoms with Gasteiger partial charge in [-0.15, -0.1) is 0 Å². The lowest BCUT2D eigenvalue weighted by Gasteiger charge is -2.20. The van der Waals surface area contributed by atoms with E-state index in [0.717, 1.165) is 30.7 Å². The van der Waals surface area contributed by atoms with Crippen molar-refractivity contribution in [1.82, 2.24) is 15.3 Å². The summed E-state index contributed by atoms with van der Waals surface area (Å²) in [4.78, 5) is 20.9. The van der Waals surface area contributed by atoms with Crippen LogP contribution >= 0.6 is 0 Å². The fourth-order valence-electron chi connectivity index (χ4n) is 3.42. The number of hydrogen-bond acceptors (Lipinski definition) is 6. The zero-order valence-corrected chi connectivity index (χ0v) is 18.5. The normalized spacial score (nSPS) is 18.7. The lowest BCUT2D eigenvalue weighted by Crippen LogP contribution is -2.36. The summed E-state index contributed by atoms with van der Waals surface area (Å²) in [5, 5.41) is 3.75. The van der Waals surface area contributed by atoms with Gasteiger partial charge in [-0.1, -0.05) is 24.3 Å². The summed E-state index contributed by atoms with van der Waals surface area (Å²) < 4.78 is 69.4. The molecule has 1 amide bonds. The Morgan fingerprint density at radius 2 is 1.91 bits per heavy atom. The van der Waals surface area contributed by atoms with Crippen molar-refractivity contribution in [1.29, 1.82) is 0 Å². The second-order valence-corrected chi connectivity index (χ2v) is 10.3. The Bertz CT molecular complexity index is 1180. The molecule has 2 aliphatic carbocycles.